The fourth-order valence-corrected chi connectivity index (χ4v) is 8.86. The van der Waals surface area contributed by atoms with Crippen LogP contribution in [0.1, 0.15) is 71.6 Å². The van der Waals surface area contributed by atoms with E-state index in [0.717, 1.165) is 37.5 Å². The lowest BCUT2D eigenvalue weighted by Crippen LogP contribution is -2.65. The van der Waals surface area contributed by atoms with Gasteiger partial charge in [0.15, 0.2) is 5.96 Å². The second kappa shape index (κ2) is 22.7. The Bertz CT molecular complexity index is 2590. The number of amides is 6. The van der Waals surface area contributed by atoms with Crippen molar-refractivity contribution in [3.05, 3.63) is 148 Å². The first-order valence-corrected chi connectivity index (χ1v) is 22.8. The number of hydrogen-bond donors (Lipinski definition) is 9. The third-order valence-electron chi connectivity index (χ3n) is 11.7. The summed E-state index contributed by atoms with van der Waals surface area (Å²) in [5, 5.41) is 26.8. The van der Waals surface area contributed by atoms with Crippen LogP contribution in [-0.2, 0) is 49.7 Å². The summed E-state index contributed by atoms with van der Waals surface area (Å²) in [6.45, 7) is 2.07. The van der Waals surface area contributed by atoms with Gasteiger partial charge in [0.25, 0.3) is 5.91 Å². The van der Waals surface area contributed by atoms with Gasteiger partial charge < -0.3 is 43.4 Å². The average molecular weight is 959 g/mol. The van der Waals surface area contributed by atoms with Crippen molar-refractivity contribution in [1.82, 2.24) is 26.6 Å². The number of para-hydroxylation sites is 1. The summed E-state index contributed by atoms with van der Waals surface area (Å²) in [6, 6.07) is 30.9. The van der Waals surface area contributed by atoms with Gasteiger partial charge in [-0.15, -0.1) is 0 Å². The molecule has 0 radical (unpaired) electrons. The highest BCUT2D eigenvalue weighted by atomic mass is 79.9. The molecule has 1 unspecified atom stereocenters. The lowest BCUT2D eigenvalue weighted by atomic mass is 9.77. The van der Waals surface area contributed by atoms with E-state index in [1.807, 2.05) is 97.9 Å². The fourth-order valence-electron chi connectivity index (χ4n) is 8.25. The van der Waals surface area contributed by atoms with Crippen LogP contribution in [0.3, 0.4) is 0 Å². The summed E-state index contributed by atoms with van der Waals surface area (Å²) < 4.78 is 0.908. The molecule has 66 heavy (non-hydrogen) atoms. The van der Waals surface area contributed by atoms with E-state index in [0.29, 0.717) is 12.8 Å². The Morgan fingerprint density at radius 1 is 0.727 bits per heavy atom. The Labute approximate surface area is 392 Å². The van der Waals surface area contributed by atoms with Crippen molar-refractivity contribution in [3.8, 4) is 0 Å². The van der Waals surface area contributed by atoms with Crippen LogP contribution >= 0.6 is 15.9 Å². The first kappa shape index (κ1) is 48.4. The molecule has 5 aromatic carbocycles. The molecular weight excluding hydrogens is 903 g/mol. The number of nitrogens with one attached hydrogen (secondary N) is 7. The standard InChI is InChI=1S/C50H56BrN9O6/c1-2-12-43(61)60-50(25-24-36-35(30-50)17-10-19-38(36)51)48(66)59-42(28-31-13-4-3-5-14-31)47(65)57-40(21-11-26-55-49(53)54)45(63)58-41(29-32-22-23-33-15-6-7-16-34(33)27-32)46(64)56-39-20-9-8-18-37(39)44(52)62/h3-10,13-20,22-23,27,40-42H,2,11-12,21,24-26,28-30H2,1H3,(H2,52,62)(H,56,64)(H,57,65)(H,58,63)(H,59,66)(H,60,61)(H4,53,54,55)/t40-,41-,42+,50?/m0/s1. The number of fused-ring (bicyclic) bond motifs is 2. The van der Waals surface area contributed by atoms with E-state index in [-0.39, 0.29) is 74.6 Å². The molecule has 11 N–H and O–H groups in total. The molecule has 0 aliphatic heterocycles. The minimum absolute atomic E-state index is 0.0337. The zero-order chi connectivity index (χ0) is 47.2. The summed E-state index contributed by atoms with van der Waals surface area (Å²) in [5.41, 5.74) is 13.4. The van der Waals surface area contributed by atoms with Crippen LogP contribution in [0.25, 0.3) is 10.8 Å². The van der Waals surface area contributed by atoms with Crippen LogP contribution in [0, 0.1) is 5.41 Å². The van der Waals surface area contributed by atoms with Gasteiger partial charge in [-0.05, 0) is 83.3 Å². The number of primary amides is 1. The van der Waals surface area contributed by atoms with Crippen LogP contribution in [0.15, 0.2) is 120 Å². The minimum Gasteiger partial charge on any atom is -0.370 e. The molecule has 0 saturated heterocycles. The van der Waals surface area contributed by atoms with E-state index in [1.54, 1.807) is 12.1 Å². The minimum atomic E-state index is -1.37. The van der Waals surface area contributed by atoms with Gasteiger partial charge in [-0.1, -0.05) is 120 Å². The van der Waals surface area contributed by atoms with Crippen molar-refractivity contribution in [2.75, 3.05) is 11.9 Å². The molecule has 15 nitrogen and oxygen atoms in total. The molecule has 16 heteroatoms. The smallest absolute Gasteiger partial charge is 0.250 e. The Kier molecular flexibility index (Phi) is 16.6. The molecule has 0 saturated carbocycles. The Hall–Kier alpha value is -7.07. The first-order valence-electron chi connectivity index (χ1n) is 22.0. The van der Waals surface area contributed by atoms with Crippen molar-refractivity contribution in [3.63, 3.8) is 0 Å². The highest BCUT2D eigenvalue weighted by Crippen LogP contribution is 2.34. The van der Waals surface area contributed by atoms with E-state index in [4.69, 9.17) is 16.9 Å². The molecule has 4 atom stereocenters. The molecule has 1 aliphatic carbocycles. The summed E-state index contributed by atoms with van der Waals surface area (Å²) >= 11 is 3.63. The van der Waals surface area contributed by atoms with E-state index >= 15 is 0 Å². The van der Waals surface area contributed by atoms with Gasteiger partial charge in [0.1, 0.15) is 23.7 Å². The van der Waals surface area contributed by atoms with E-state index in [2.05, 4.69) is 47.8 Å². The number of halogens is 1. The highest BCUT2D eigenvalue weighted by Gasteiger charge is 2.44. The monoisotopic (exact) mass is 957 g/mol. The van der Waals surface area contributed by atoms with Crippen LogP contribution in [0.4, 0.5) is 5.69 Å². The molecule has 344 valence electrons. The topological polar surface area (TPSA) is 250 Å². The SMILES string of the molecule is CCCC(=O)NC1(C(=O)N[C@H](Cc2ccccc2)C(=O)N[C@@H](CCCNC(=N)N)C(=O)N[C@@H](Cc2ccc3ccccc3c2)C(=O)Nc2ccccc2C(N)=O)CCc2c(Br)cccc2C1. The van der Waals surface area contributed by atoms with Crippen molar-refractivity contribution >= 4 is 73.8 Å². The van der Waals surface area contributed by atoms with E-state index in [1.165, 1.54) is 12.1 Å². The van der Waals surface area contributed by atoms with Gasteiger partial charge in [0.05, 0.1) is 11.3 Å². The maximum Gasteiger partial charge on any atom is 0.250 e. The number of hydrogen-bond acceptors (Lipinski definition) is 7. The predicted octanol–water partition coefficient (Wildman–Crippen LogP) is 4.69. The lowest BCUT2D eigenvalue weighted by molar-refractivity contribution is -0.137. The number of guanidine groups is 1. The van der Waals surface area contributed by atoms with Crippen LogP contribution in [0.2, 0.25) is 0 Å². The maximum atomic E-state index is 14.7. The second-order valence-electron chi connectivity index (χ2n) is 16.5. The first-order chi connectivity index (χ1) is 31.7. The number of carbonyl (C=O) groups excluding carboxylic acids is 6. The predicted molar refractivity (Wildman–Crippen MR) is 258 cm³/mol. The Morgan fingerprint density at radius 2 is 1.39 bits per heavy atom. The highest BCUT2D eigenvalue weighted by molar-refractivity contribution is 9.10. The molecule has 0 bridgehead atoms. The molecule has 6 amide bonds. The molecule has 5 aromatic rings. The van der Waals surface area contributed by atoms with Crippen LogP contribution < -0.4 is 43.4 Å². The number of anilines is 1. The molecule has 0 fully saturated rings. The summed E-state index contributed by atoms with van der Waals surface area (Å²) in [5.74, 6) is -3.86. The number of rotatable bonds is 20. The van der Waals surface area contributed by atoms with E-state index < -0.39 is 53.2 Å². The van der Waals surface area contributed by atoms with Crippen LogP contribution in [-0.4, -0.2) is 71.6 Å². The third-order valence-corrected chi connectivity index (χ3v) is 12.4. The molecule has 1 aliphatic rings. The molecule has 6 rings (SSSR count). The molecule has 0 heterocycles. The van der Waals surface area contributed by atoms with Crippen molar-refractivity contribution in [2.24, 2.45) is 11.5 Å². The quantitative estimate of drug-likeness (QED) is 0.0300. The van der Waals surface area contributed by atoms with Crippen LogP contribution in [0.5, 0.6) is 0 Å². The van der Waals surface area contributed by atoms with Gasteiger partial charge in [0.2, 0.25) is 29.5 Å². The van der Waals surface area contributed by atoms with Gasteiger partial charge in [0, 0.05) is 36.7 Å². The summed E-state index contributed by atoms with van der Waals surface area (Å²) in [7, 11) is 0. The van der Waals surface area contributed by atoms with Crippen molar-refractivity contribution in [1.29, 1.82) is 5.41 Å². The number of carbonyl (C=O) groups is 6. The fraction of sp³-hybridized carbons (Fsp3) is 0.300. The normalized spacial score (nSPS) is 15.5. The molecular formula is C50H56BrN9O6. The second-order valence-corrected chi connectivity index (χ2v) is 17.4. The maximum absolute atomic E-state index is 14.7. The van der Waals surface area contributed by atoms with Gasteiger partial charge in [-0.3, -0.25) is 34.2 Å². The van der Waals surface area contributed by atoms with Crippen molar-refractivity contribution < 1.29 is 28.8 Å². The number of benzene rings is 5. The van der Waals surface area contributed by atoms with E-state index in [9.17, 15) is 28.8 Å². The molecule has 0 aromatic heterocycles. The zero-order valence-corrected chi connectivity index (χ0v) is 38.3. The third kappa shape index (κ3) is 12.8. The summed E-state index contributed by atoms with van der Waals surface area (Å²) in [6.07, 6.45) is 2.14. The average Bonchev–Trinajstić information content (AvgIpc) is 3.29. The zero-order valence-electron chi connectivity index (χ0n) is 36.8. The Morgan fingerprint density at radius 3 is 2.14 bits per heavy atom. The Balaban J connectivity index is 1.30. The largest absolute Gasteiger partial charge is 0.370 e. The lowest BCUT2D eigenvalue weighted by Gasteiger charge is -2.39. The summed E-state index contributed by atoms with van der Waals surface area (Å²) in [4.78, 5) is 83.7. The van der Waals surface area contributed by atoms with Crippen molar-refractivity contribution in [2.45, 2.75) is 88.4 Å². The van der Waals surface area contributed by atoms with Gasteiger partial charge in [-0.25, -0.2) is 0 Å². The number of nitrogens with two attached hydrogens (primary N) is 2. The van der Waals surface area contributed by atoms with Gasteiger partial charge in [-0.2, -0.15) is 0 Å². The molecule has 0 spiro atoms. The van der Waals surface area contributed by atoms with Gasteiger partial charge >= 0.3 is 0 Å².